The highest BCUT2D eigenvalue weighted by Crippen LogP contribution is 2.43. The summed E-state index contributed by atoms with van der Waals surface area (Å²) in [6.07, 6.45) is 1.64. The molecule has 242 valence electrons. The van der Waals surface area contributed by atoms with Gasteiger partial charge < -0.3 is 14.2 Å². The first kappa shape index (κ1) is 33.2. The molecule has 0 fully saturated rings. The fourth-order valence-corrected chi connectivity index (χ4v) is 6.59. The Hall–Kier alpha value is -5.15. The van der Waals surface area contributed by atoms with E-state index in [1.165, 1.54) is 4.57 Å². The van der Waals surface area contributed by atoms with Gasteiger partial charge in [0.25, 0.3) is 11.2 Å². The lowest BCUT2D eigenvalue weighted by molar-refractivity contribution is -0.394. The van der Waals surface area contributed by atoms with Crippen molar-refractivity contribution in [2.45, 2.75) is 33.7 Å². The second-order valence-corrected chi connectivity index (χ2v) is 12.1. The second kappa shape index (κ2) is 13.7. The Morgan fingerprint density at radius 2 is 1.74 bits per heavy atom. The molecule has 1 aliphatic rings. The van der Waals surface area contributed by atoms with E-state index >= 15 is 0 Å². The van der Waals surface area contributed by atoms with E-state index in [1.54, 1.807) is 39.0 Å². The van der Waals surface area contributed by atoms with Crippen molar-refractivity contribution in [1.29, 1.82) is 0 Å². The Morgan fingerprint density at radius 3 is 2.38 bits per heavy atom. The molecule has 1 atom stereocenters. The average molecular weight is 724 g/mol. The van der Waals surface area contributed by atoms with Crippen molar-refractivity contribution in [3.63, 3.8) is 0 Å². The van der Waals surface area contributed by atoms with E-state index in [0.29, 0.717) is 25.1 Å². The van der Waals surface area contributed by atoms with Gasteiger partial charge in [0.05, 0.1) is 55.4 Å². The smallest absolute Gasteiger partial charge is 0.338 e. The van der Waals surface area contributed by atoms with Gasteiger partial charge in [-0.2, -0.15) is 0 Å². The number of nitro benzene ring substituents is 2. The Bertz CT molecular complexity index is 2140. The summed E-state index contributed by atoms with van der Waals surface area (Å²) in [4.78, 5) is 53.5. The molecular weight excluding hydrogens is 696 g/mol. The van der Waals surface area contributed by atoms with Gasteiger partial charge in [-0.3, -0.25) is 29.6 Å². The molecule has 0 saturated heterocycles. The standard InChI is InChI=1S/C32H27BrN4O9S/c1-5-44-25-14-19(13-22(33)29(25)46-24-12-11-21(36(40)41)16-23(24)37(42)43)15-26-30(38)35-28(20-9-7-17(3)8-10-20)27(31(39)45-6-2)18(4)34-32(35)47-26/h7-16,28H,5-6H2,1-4H3/b26-15-/t28-/m0/s1. The fourth-order valence-electron chi connectivity index (χ4n) is 5.00. The minimum atomic E-state index is -0.774. The third kappa shape index (κ3) is 6.71. The van der Waals surface area contributed by atoms with Crippen LogP contribution in [0.1, 0.15) is 43.5 Å². The first-order valence-corrected chi connectivity index (χ1v) is 15.9. The first-order valence-electron chi connectivity index (χ1n) is 14.3. The van der Waals surface area contributed by atoms with Gasteiger partial charge >= 0.3 is 11.7 Å². The van der Waals surface area contributed by atoms with Crippen LogP contribution in [-0.2, 0) is 9.53 Å². The number of ether oxygens (including phenoxy) is 3. The van der Waals surface area contributed by atoms with Gasteiger partial charge in [-0.15, -0.1) is 0 Å². The topological polar surface area (TPSA) is 165 Å². The Balaban J connectivity index is 1.62. The highest BCUT2D eigenvalue weighted by Gasteiger charge is 2.33. The van der Waals surface area contributed by atoms with E-state index in [-0.39, 0.29) is 41.6 Å². The molecule has 5 rings (SSSR count). The number of halogens is 1. The molecule has 0 saturated carbocycles. The van der Waals surface area contributed by atoms with Crippen LogP contribution in [0.5, 0.6) is 17.2 Å². The number of non-ortho nitro benzene ring substituents is 1. The summed E-state index contributed by atoms with van der Waals surface area (Å²) in [5.41, 5.74) is 1.57. The van der Waals surface area contributed by atoms with Crippen LogP contribution >= 0.6 is 27.3 Å². The molecule has 13 nitrogen and oxygen atoms in total. The molecule has 0 spiro atoms. The molecule has 1 aliphatic heterocycles. The molecule has 15 heteroatoms. The van der Waals surface area contributed by atoms with Crippen LogP contribution in [0.4, 0.5) is 11.4 Å². The minimum Gasteiger partial charge on any atom is -0.490 e. The van der Waals surface area contributed by atoms with Crippen LogP contribution in [0, 0.1) is 27.2 Å². The van der Waals surface area contributed by atoms with Gasteiger partial charge in [-0.05, 0) is 79.0 Å². The van der Waals surface area contributed by atoms with Gasteiger partial charge in [-0.25, -0.2) is 9.79 Å². The van der Waals surface area contributed by atoms with E-state index in [0.717, 1.165) is 40.7 Å². The normalized spacial score (nSPS) is 14.3. The lowest BCUT2D eigenvalue weighted by Crippen LogP contribution is -2.39. The Morgan fingerprint density at radius 1 is 1.02 bits per heavy atom. The van der Waals surface area contributed by atoms with Crippen LogP contribution in [0.2, 0.25) is 0 Å². The number of hydrogen-bond donors (Lipinski definition) is 0. The number of carbonyl (C=O) groups is 1. The number of nitro groups is 2. The van der Waals surface area contributed by atoms with Crippen LogP contribution in [-0.4, -0.2) is 33.6 Å². The predicted molar refractivity (Wildman–Crippen MR) is 177 cm³/mol. The van der Waals surface area contributed by atoms with E-state index in [9.17, 15) is 29.8 Å². The van der Waals surface area contributed by atoms with Crippen molar-refractivity contribution in [3.05, 3.63) is 127 Å². The lowest BCUT2D eigenvalue weighted by atomic mass is 9.95. The number of rotatable bonds is 10. The number of carbonyl (C=O) groups excluding carboxylic acids is 1. The van der Waals surface area contributed by atoms with Crippen molar-refractivity contribution in [2.75, 3.05) is 13.2 Å². The first-order chi connectivity index (χ1) is 22.4. The van der Waals surface area contributed by atoms with Crippen molar-refractivity contribution >= 4 is 50.7 Å². The number of aryl methyl sites for hydroxylation is 1. The summed E-state index contributed by atoms with van der Waals surface area (Å²) in [6, 6.07) is 13.1. The highest BCUT2D eigenvalue weighted by atomic mass is 79.9. The van der Waals surface area contributed by atoms with Crippen LogP contribution in [0.15, 0.2) is 80.1 Å². The van der Waals surface area contributed by atoms with Crippen molar-refractivity contribution in [1.82, 2.24) is 4.57 Å². The molecule has 0 aliphatic carbocycles. The van der Waals surface area contributed by atoms with Gasteiger partial charge in [0.15, 0.2) is 16.3 Å². The van der Waals surface area contributed by atoms with Crippen LogP contribution in [0.25, 0.3) is 6.08 Å². The SMILES string of the molecule is CCOC(=O)C1=C(C)N=c2s/c(=C\c3cc(Br)c(Oc4ccc([N+](=O)[O-])cc4[N+](=O)[O-])c(OCC)c3)c(=O)n2[C@H]1c1ccc(C)cc1. The molecule has 0 N–H and O–H groups in total. The van der Waals surface area contributed by atoms with Gasteiger partial charge in [-0.1, -0.05) is 41.2 Å². The zero-order valence-corrected chi connectivity index (χ0v) is 27.9. The minimum absolute atomic E-state index is 0.0940. The zero-order chi connectivity index (χ0) is 34.0. The quantitative estimate of drug-likeness (QED) is 0.110. The number of hydrogen-bond acceptors (Lipinski definition) is 11. The van der Waals surface area contributed by atoms with Crippen molar-refractivity contribution < 1.29 is 28.9 Å². The van der Waals surface area contributed by atoms with E-state index < -0.39 is 33.2 Å². The zero-order valence-electron chi connectivity index (χ0n) is 25.5. The number of aromatic nitrogens is 1. The molecule has 47 heavy (non-hydrogen) atoms. The molecule has 4 aromatic rings. The summed E-state index contributed by atoms with van der Waals surface area (Å²) in [7, 11) is 0. The van der Waals surface area contributed by atoms with Gasteiger partial charge in [0.2, 0.25) is 5.75 Å². The molecule has 0 unspecified atom stereocenters. The van der Waals surface area contributed by atoms with Gasteiger partial charge in [0.1, 0.15) is 0 Å². The molecule has 0 bridgehead atoms. The number of nitrogens with zero attached hydrogens (tertiary/aromatic N) is 4. The van der Waals surface area contributed by atoms with Gasteiger partial charge in [0, 0.05) is 6.07 Å². The van der Waals surface area contributed by atoms with E-state index in [2.05, 4.69) is 20.9 Å². The summed E-state index contributed by atoms with van der Waals surface area (Å²) in [5, 5.41) is 22.8. The second-order valence-electron chi connectivity index (χ2n) is 10.2. The number of thiazole rings is 1. The maximum Gasteiger partial charge on any atom is 0.338 e. The van der Waals surface area contributed by atoms with Crippen LogP contribution < -0.4 is 24.4 Å². The largest absolute Gasteiger partial charge is 0.490 e. The Kier molecular flexibility index (Phi) is 9.67. The maximum atomic E-state index is 14.0. The average Bonchev–Trinajstić information content (AvgIpc) is 3.32. The van der Waals surface area contributed by atoms with Crippen LogP contribution in [0.3, 0.4) is 0 Å². The van der Waals surface area contributed by atoms with Crippen molar-refractivity contribution in [3.8, 4) is 17.2 Å². The maximum absolute atomic E-state index is 14.0. The molecule has 2 heterocycles. The summed E-state index contributed by atoms with van der Waals surface area (Å²) >= 11 is 4.60. The molecule has 0 amide bonds. The number of benzene rings is 3. The number of fused-ring (bicyclic) bond motifs is 1. The molecule has 3 aromatic carbocycles. The van der Waals surface area contributed by atoms with Crippen molar-refractivity contribution in [2.24, 2.45) is 4.99 Å². The molecule has 1 aromatic heterocycles. The predicted octanol–water partition coefficient (Wildman–Crippen LogP) is 5.88. The lowest BCUT2D eigenvalue weighted by Gasteiger charge is -2.24. The highest BCUT2D eigenvalue weighted by molar-refractivity contribution is 9.10. The van der Waals surface area contributed by atoms with E-state index in [1.807, 2.05) is 31.2 Å². The Labute approximate surface area is 279 Å². The van der Waals surface area contributed by atoms with E-state index in [4.69, 9.17) is 14.2 Å². The third-order valence-corrected chi connectivity index (χ3v) is 8.67. The molecule has 0 radical (unpaired) electrons. The number of esters is 1. The summed E-state index contributed by atoms with van der Waals surface area (Å²) in [5.74, 6) is -0.488. The fraction of sp³-hybridized carbons (Fsp3) is 0.219. The molecular formula is C32H27BrN4O9S. The third-order valence-electron chi connectivity index (χ3n) is 7.10. The summed E-state index contributed by atoms with van der Waals surface area (Å²) < 4.78 is 19.2. The number of allylic oxidation sites excluding steroid dienone is 1. The summed E-state index contributed by atoms with van der Waals surface area (Å²) in [6.45, 7) is 7.48. The monoisotopic (exact) mass is 722 g/mol.